The van der Waals surface area contributed by atoms with Crippen LogP contribution in [0.2, 0.25) is 0 Å². The molecule has 1 aromatic carbocycles. The van der Waals surface area contributed by atoms with Crippen molar-refractivity contribution in [1.82, 2.24) is 0 Å². The van der Waals surface area contributed by atoms with Crippen LogP contribution in [-0.2, 0) is 21.1 Å². The summed E-state index contributed by atoms with van der Waals surface area (Å²) < 4.78 is 22.6. The van der Waals surface area contributed by atoms with Crippen molar-refractivity contribution < 1.29 is 13.2 Å². The van der Waals surface area contributed by atoms with Gasteiger partial charge in [0.05, 0.1) is 10.6 Å². The van der Waals surface area contributed by atoms with Crippen molar-refractivity contribution in [1.29, 1.82) is 0 Å². The van der Waals surface area contributed by atoms with Gasteiger partial charge in [0, 0.05) is 18.4 Å². The number of hydrogen-bond acceptors (Lipinski definition) is 3. The predicted octanol–water partition coefficient (Wildman–Crippen LogP) is 2.44. The van der Waals surface area contributed by atoms with Crippen LogP contribution < -0.4 is 5.32 Å². The van der Waals surface area contributed by atoms with E-state index in [-0.39, 0.29) is 16.5 Å². The van der Waals surface area contributed by atoms with Crippen LogP contribution in [0.4, 0.5) is 5.69 Å². The predicted molar refractivity (Wildman–Crippen MR) is 79.4 cm³/mol. The third kappa shape index (κ3) is 4.04. The number of aryl methyl sites for hydroxylation is 1. The summed E-state index contributed by atoms with van der Waals surface area (Å²) in [4.78, 5) is 11.2. The summed E-state index contributed by atoms with van der Waals surface area (Å²) in [6.45, 7) is 0. The first kappa shape index (κ1) is 14.5. The average molecular weight is 346 g/mol. The molecule has 0 spiro atoms. The Labute approximate surface area is 121 Å². The second-order valence-corrected chi connectivity index (χ2v) is 8.17. The maximum atomic E-state index is 11.5. The molecule has 0 aliphatic carbocycles. The van der Waals surface area contributed by atoms with Crippen LogP contribution in [0.3, 0.4) is 0 Å². The van der Waals surface area contributed by atoms with Gasteiger partial charge in [0.2, 0.25) is 5.91 Å². The maximum Gasteiger partial charge on any atom is 0.224 e. The van der Waals surface area contributed by atoms with E-state index in [9.17, 15) is 13.2 Å². The fraction of sp³-hybridized carbons (Fsp3) is 0.462. The molecular formula is C13H16BrNO3S. The number of amides is 1. The van der Waals surface area contributed by atoms with Crippen molar-refractivity contribution in [3.05, 3.63) is 29.3 Å². The Kier molecular flexibility index (Phi) is 4.30. The lowest BCUT2D eigenvalue weighted by atomic mass is 10.0. The first-order chi connectivity index (χ1) is 8.85. The molecule has 0 fully saturated rings. The van der Waals surface area contributed by atoms with Gasteiger partial charge in [0.25, 0.3) is 0 Å². The van der Waals surface area contributed by atoms with Crippen molar-refractivity contribution in [2.45, 2.75) is 24.1 Å². The molecule has 1 aliphatic rings. The summed E-state index contributed by atoms with van der Waals surface area (Å²) >= 11 is 3.41. The monoisotopic (exact) mass is 345 g/mol. The minimum atomic E-state index is -3.03. The van der Waals surface area contributed by atoms with Crippen molar-refractivity contribution in [2.24, 2.45) is 0 Å². The summed E-state index contributed by atoms with van der Waals surface area (Å²) in [5.41, 5.74) is 2.84. The number of carbonyl (C=O) groups is 1. The number of benzene rings is 1. The van der Waals surface area contributed by atoms with E-state index in [0.717, 1.165) is 29.7 Å². The van der Waals surface area contributed by atoms with E-state index in [1.165, 1.54) is 6.26 Å². The second-order valence-electron chi connectivity index (χ2n) is 4.88. The standard InChI is InChI=1S/C13H16BrNO3S/c1-19(17,18)8-11(14)9-5-6-12-10(7-9)3-2-4-13(16)15-12/h5-7,11H,2-4,8H2,1H3,(H,15,16). The van der Waals surface area contributed by atoms with Crippen LogP contribution in [0.15, 0.2) is 18.2 Å². The number of sulfone groups is 1. The summed E-state index contributed by atoms with van der Waals surface area (Å²) in [5, 5.41) is 2.86. The van der Waals surface area contributed by atoms with E-state index in [2.05, 4.69) is 21.2 Å². The normalized spacial score (nSPS) is 17.3. The van der Waals surface area contributed by atoms with Crippen molar-refractivity contribution in [3.63, 3.8) is 0 Å². The van der Waals surface area contributed by atoms with E-state index in [0.29, 0.717) is 6.42 Å². The van der Waals surface area contributed by atoms with E-state index in [1.54, 1.807) is 0 Å². The molecule has 1 unspecified atom stereocenters. The molecule has 0 radical (unpaired) electrons. The first-order valence-electron chi connectivity index (χ1n) is 6.09. The highest BCUT2D eigenvalue weighted by Gasteiger charge is 2.18. The van der Waals surface area contributed by atoms with Gasteiger partial charge in [-0.05, 0) is 30.0 Å². The zero-order valence-corrected chi connectivity index (χ0v) is 13.1. The molecule has 0 saturated carbocycles. The first-order valence-corrected chi connectivity index (χ1v) is 9.07. The van der Waals surface area contributed by atoms with Crippen LogP contribution in [0.25, 0.3) is 0 Å². The largest absolute Gasteiger partial charge is 0.326 e. The number of anilines is 1. The molecular weight excluding hydrogens is 330 g/mol. The summed E-state index contributed by atoms with van der Waals surface area (Å²) in [7, 11) is -3.03. The van der Waals surface area contributed by atoms with Gasteiger partial charge in [0.15, 0.2) is 0 Å². The summed E-state index contributed by atoms with van der Waals surface area (Å²) in [6.07, 6.45) is 3.41. The summed E-state index contributed by atoms with van der Waals surface area (Å²) in [5.74, 6) is 0.107. The van der Waals surface area contributed by atoms with E-state index in [1.807, 2.05) is 18.2 Å². The van der Waals surface area contributed by atoms with Crippen molar-refractivity contribution in [2.75, 3.05) is 17.3 Å². The molecule has 0 saturated heterocycles. The minimum absolute atomic E-state index is 0.0398. The number of rotatable bonds is 3. The average Bonchev–Trinajstić information content (AvgIpc) is 2.46. The molecule has 1 aromatic rings. The van der Waals surface area contributed by atoms with Gasteiger partial charge >= 0.3 is 0 Å². The molecule has 19 heavy (non-hydrogen) atoms. The lowest BCUT2D eigenvalue weighted by molar-refractivity contribution is -0.116. The van der Waals surface area contributed by atoms with Gasteiger partial charge < -0.3 is 5.32 Å². The third-order valence-corrected chi connectivity index (χ3v) is 5.28. The Morgan fingerprint density at radius 3 is 2.79 bits per heavy atom. The molecule has 1 atom stereocenters. The molecule has 0 aromatic heterocycles. The molecule has 104 valence electrons. The van der Waals surface area contributed by atoms with E-state index < -0.39 is 9.84 Å². The van der Waals surface area contributed by atoms with Crippen LogP contribution in [0.1, 0.15) is 28.8 Å². The molecule has 1 heterocycles. The summed E-state index contributed by atoms with van der Waals surface area (Å²) in [6, 6.07) is 5.69. The van der Waals surface area contributed by atoms with Crippen LogP contribution >= 0.6 is 15.9 Å². The van der Waals surface area contributed by atoms with Gasteiger partial charge in [-0.2, -0.15) is 0 Å². The molecule has 1 aliphatic heterocycles. The molecule has 6 heteroatoms. The van der Waals surface area contributed by atoms with E-state index >= 15 is 0 Å². The zero-order valence-electron chi connectivity index (χ0n) is 10.6. The Hall–Kier alpha value is -0.880. The molecule has 2 rings (SSSR count). The van der Waals surface area contributed by atoms with Crippen molar-refractivity contribution in [3.8, 4) is 0 Å². The lowest BCUT2D eigenvalue weighted by Gasteiger charge is -2.13. The van der Waals surface area contributed by atoms with Crippen LogP contribution in [0.5, 0.6) is 0 Å². The number of fused-ring (bicyclic) bond motifs is 1. The van der Waals surface area contributed by atoms with Crippen LogP contribution in [-0.4, -0.2) is 26.3 Å². The quantitative estimate of drug-likeness (QED) is 0.855. The number of alkyl halides is 1. The maximum absolute atomic E-state index is 11.5. The molecule has 0 bridgehead atoms. The fourth-order valence-corrected chi connectivity index (χ4v) is 4.60. The molecule has 4 nitrogen and oxygen atoms in total. The topological polar surface area (TPSA) is 63.2 Å². The lowest BCUT2D eigenvalue weighted by Crippen LogP contribution is -2.10. The SMILES string of the molecule is CS(=O)(=O)CC(Br)c1ccc2c(c1)CCCC(=O)N2. The van der Waals surface area contributed by atoms with E-state index in [4.69, 9.17) is 0 Å². The molecule has 1 amide bonds. The number of hydrogen-bond donors (Lipinski definition) is 1. The molecule has 1 N–H and O–H groups in total. The van der Waals surface area contributed by atoms with Crippen LogP contribution in [0, 0.1) is 0 Å². The second kappa shape index (κ2) is 5.63. The van der Waals surface area contributed by atoms with Gasteiger partial charge in [-0.3, -0.25) is 4.79 Å². The number of halogens is 1. The highest BCUT2D eigenvalue weighted by molar-refractivity contribution is 9.09. The van der Waals surface area contributed by atoms with Gasteiger partial charge in [0.1, 0.15) is 9.84 Å². The fourth-order valence-electron chi connectivity index (χ4n) is 2.15. The zero-order chi connectivity index (χ0) is 14.0. The number of carbonyl (C=O) groups excluding carboxylic acids is 1. The Balaban J connectivity index is 2.25. The van der Waals surface area contributed by atoms with Gasteiger partial charge in [-0.1, -0.05) is 28.1 Å². The Morgan fingerprint density at radius 2 is 2.11 bits per heavy atom. The highest BCUT2D eigenvalue weighted by Crippen LogP contribution is 2.30. The third-order valence-electron chi connectivity index (χ3n) is 3.06. The van der Waals surface area contributed by atoms with Crippen molar-refractivity contribution >= 4 is 37.4 Å². The Bertz CT molecular complexity index is 598. The minimum Gasteiger partial charge on any atom is -0.326 e. The highest BCUT2D eigenvalue weighted by atomic mass is 79.9. The smallest absolute Gasteiger partial charge is 0.224 e. The number of nitrogens with one attached hydrogen (secondary N) is 1. The Morgan fingerprint density at radius 1 is 1.37 bits per heavy atom. The van der Waals surface area contributed by atoms with Gasteiger partial charge in [-0.15, -0.1) is 0 Å². The van der Waals surface area contributed by atoms with Gasteiger partial charge in [-0.25, -0.2) is 8.42 Å².